The molecule has 1 aliphatic rings. The van der Waals surface area contributed by atoms with Crippen molar-refractivity contribution in [1.82, 2.24) is 4.72 Å². The van der Waals surface area contributed by atoms with Crippen molar-refractivity contribution in [2.24, 2.45) is 0 Å². The van der Waals surface area contributed by atoms with E-state index in [9.17, 15) is 4.79 Å². The van der Waals surface area contributed by atoms with Gasteiger partial charge in [-0.05, 0) is 24.1 Å². The van der Waals surface area contributed by atoms with Crippen LogP contribution in [0.2, 0.25) is 10.0 Å². The summed E-state index contributed by atoms with van der Waals surface area (Å²) in [5.41, 5.74) is 0.611. The van der Waals surface area contributed by atoms with Gasteiger partial charge in [0.2, 0.25) is 0 Å². The summed E-state index contributed by atoms with van der Waals surface area (Å²) in [5.74, 6) is 0. The summed E-state index contributed by atoms with van der Waals surface area (Å²) in [4.78, 5) is 11.7. The number of amides is 2. The number of halogens is 2. The number of nitrogens with one attached hydrogen (secondary N) is 2. The number of urea groups is 1. The van der Waals surface area contributed by atoms with E-state index in [1.54, 1.807) is 12.1 Å². The lowest BCUT2D eigenvalue weighted by Gasteiger charge is -2.18. The summed E-state index contributed by atoms with van der Waals surface area (Å²) in [7, 11) is 0. The highest BCUT2D eigenvalue weighted by molar-refractivity contribution is 7.98. The van der Waals surface area contributed by atoms with E-state index in [1.807, 2.05) is 0 Å². The molecule has 2 N–H and O–H groups in total. The van der Waals surface area contributed by atoms with E-state index in [1.165, 1.54) is 11.9 Å². The molecule has 1 aromatic carbocycles. The van der Waals surface area contributed by atoms with Gasteiger partial charge in [0.15, 0.2) is 0 Å². The Bertz CT molecular complexity index is 383. The Balaban J connectivity index is 2.53. The Morgan fingerprint density at radius 3 is 2.85 bits per heavy atom. The van der Waals surface area contributed by atoms with E-state index >= 15 is 0 Å². The van der Waals surface area contributed by atoms with Gasteiger partial charge in [-0.15, -0.1) is 0 Å². The maximum Gasteiger partial charge on any atom is 0.329 e. The first kappa shape index (κ1) is 8.99. The van der Waals surface area contributed by atoms with Gasteiger partial charge < -0.3 is 5.32 Å². The second kappa shape index (κ2) is 3.29. The minimum atomic E-state index is -0.276. The summed E-state index contributed by atoms with van der Waals surface area (Å²) in [5, 5.41) is 3.59. The summed E-state index contributed by atoms with van der Waals surface area (Å²) in [6.07, 6.45) is 0. The summed E-state index contributed by atoms with van der Waals surface area (Å²) >= 11 is 12.8. The van der Waals surface area contributed by atoms with Gasteiger partial charge in [-0.2, -0.15) is 0 Å². The van der Waals surface area contributed by atoms with E-state index in [4.69, 9.17) is 23.2 Å². The minimum Gasteiger partial charge on any atom is -0.305 e. The Kier molecular flexibility index (Phi) is 2.27. The average molecular weight is 235 g/mol. The van der Waals surface area contributed by atoms with E-state index in [0.29, 0.717) is 15.7 Å². The number of fused-ring (bicyclic) bond motifs is 1. The molecule has 3 nitrogen and oxygen atoms in total. The van der Waals surface area contributed by atoms with Gasteiger partial charge in [-0.25, -0.2) is 4.79 Å². The van der Waals surface area contributed by atoms with Gasteiger partial charge in [0.05, 0.1) is 15.6 Å². The largest absolute Gasteiger partial charge is 0.329 e. The highest BCUT2D eigenvalue weighted by Crippen LogP contribution is 2.37. The number of hydrogen-bond donors (Lipinski definition) is 2. The molecule has 13 heavy (non-hydrogen) atoms. The van der Waals surface area contributed by atoms with Gasteiger partial charge in [-0.3, -0.25) is 4.72 Å². The number of carbonyl (C=O) groups is 1. The quantitative estimate of drug-likeness (QED) is 0.678. The van der Waals surface area contributed by atoms with Crippen LogP contribution in [-0.2, 0) is 0 Å². The third kappa shape index (κ3) is 1.70. The van der Waals surface area contributed by atoms with Crippen LogP contribution in [0.15, 0.2) is 17.0 Å². The van der Waals surface area contributed by atoms with Crippen LogP contribution >= 0.6 is 35.1 Å². The molecule has 0 radical (unpaired) electrons. The molecule has 1 heterocycles. The average Bonchev–Trinajstić information content (AvgIpc) is 2.06. The van der Waals surface area contributed by atoms with Crippen LogP contribution in [0.1, 0.15) is 0 Å². The lowest BCUT2D eigenvalue weighted by Crippen LogP contribution is -2.27. The number of benzene rings is 1. The standard InChI is InChI=1S/C7H4Cl2N2OS/c8-3-1-4(9)6-5(2-3)13-11-7(12)10-6/h1-2H,(H2,10,11,12). The van der Waals surface area contributed by atoms with Crippen molar-refractivity contribution in [2.45, 2.75) is 4.90 Å². The number of anilines is 1. The molecule has 0 aromatic heterocycles. The maximum atomic E-state index is 10.9. The fourth-order valence-electron chi connectivity index (χ4n) is 0.992. The van der Waals surface area contributed by atoms with Crippen LogP contribution in [0.25, 0.3) is 0 Å². The van der Waals surface area contributed by atoms with Gasteiger partial charge in [0.25, 0.3) is 0 Å². The lowest BCUT2D eigenvalue weighted by atomic mass is 10.3. The molecular formula is C7H4Cl2N2OS. The van der Waals surface area contributed by atoms with E-state index in [-0.39, 0.29) is 6.03 Å². The number of carbonyl (C=O) groups excluding carboxylic acids is 1. The topological polar surface area (TPSA) is 41.1 Å². The van der Waals surface area contributed by atoms with E-state index in [2.05, 4.69) is 10.0 Å². The van der Waals surface area contributed by atoms with Crippen LogP contribution in [0.4, 0.5) is 10.5 Å². The maximum absolute atomic E-state index is 10.9. The first-order valence-electron chi connectivity index (χ1n) is 3.40. The molecule has 1 aliphatic heterocycles. The van der Waals surface area contributed by atoms with Crippen molar-refractivity contribution in [3.63, 3.8) is 0 Å². The van der Waals surface area contributed by atoms with Crippen molar-refractivity contribution in [1.29, 1.82) is 0 Å². The molecule has 0 saturated carbocycles. The summed E-state index contributed by atoms with van der Waals surface area (Å²) in [6.45, 7) is 0. The zero-order valence-electron chi connectivity index (χ0n) is 6.23. The highest BCUT2D eigenvalue weighted by atomic mass is 35.5. The SMILES string of the molecule is O=C1NSc2cc(Cl)cc(Cl)c2N1. The van der Waals surface area contributed by atoms with E-state index in [0.717, 1.165) is 4.90 Å². The zero-order chi connectivity index (χ0) is 9.42. The molecule has 2 amide bonds. The van der Waals surface area contributed by atoms with Gasteiger partial charge in [0, 0.05) is 5.02 Å². The Labute approximate surface area is 88.9 Å². The molecule has 6 heteroatoms. The van der Waals surface area contributed by atoms with Crippen molar-refractivity contribution in [3.05, 3.63) is 22.2 Å². The third-order valence-electron chi connectivity index (χ3n) is 1.51. The number of rotatable bonds is 0. The molecule has 1 aromatic rings. The van der Waals surface area contributed by atoms with Crippen LogP contribution < -0.4 is 10.0 Å². The van der Waals surface area contributed by atoms with E-state index < -0.39 is 0 Å². The van der Waals surface area contributed by atoms with Gasteiger partial charge in [0.1, 0.15) is 0 Å². The fourth-order valence-corrected chi connectivity index (χ4v) is 2.36. The molecule has 0 spiro atoms. The molecule has 0 atom stereocenters. The highest BCUT2D eigenvalue weighted by Gasteiger charge is 2.18. The Morgan fingerprint density at radius 1 is 1.31 bits per heavy atom. The monoisotopic (exact) mass is 234 g/mol. The number of hydrogen-bond acceptors (Lipinski definition) is 2. The Morgan fingerprint density at radius 2 is 2.08 bits per heavy atom. The Hall–Kier alpha value is -0.580. The molecule has 0 saturated heterocycles. The first-order chi connectivity index (χ1) is 6.16. The van der Waals surface area contributed by atoms with Crippen LogP contribution in [-0.4, -0.2) is 6.03 Å². The predicted octanol–water partition coefficient (Wildman–Crippen LogP) is 3.14. The zero-order valence-corrected chi connectivity index (χ0v) is 8.56. The first-order valence-corrected chi connectivity index (χ1v) is 4.97. The van der Waals surface area contributed by atoms with Gasteiger partial charge >= 0.3 is 6.03 Å². The second-order valence-corrected chi connectivity index (χ2v) is 4.11. The fraction of sp³-hybridized carbons (Fsp3) is 0. The minimum absolute atomic E-state index is 0.276. The normalized spacial score (nSPS) is 14.5. The summed E-state index contributed by atoms with van der Waals surface area (Å²) < 4.78 is 2.54. The van der Waals surface area contributed by atoms with Crippen LogP contribution in [0.5, 0.6) is 0 Å². The molecule has 0 bridgehead atoms. The van der Waals surface area contributed by atoms with Crippen LogP contribution in [0, 0.1) is 0 Å². The molecule has 0 fully saturated rings. The smallest absolute Gasteiger partial charge is 0.305 e. The predicted molar refractivity (Wildman–Crippen MR) is 54.5 cm³/mol. The van der Waals surface area contributed by atoms with Gasteiger partial charge in [-0.1, -0.05) is 23.2 Å². The lowest BCUT2D eigenvalue weighted by molar-refractivity contribution is 0.257. The second-order valence-electron chi connectivity index (χ2n) is 2.42. The van der Waals surface area contributed by atoms with Crippen LogP contribution in [0.3, 0.4) is 0 Å². The van der Waals surface area contributed by atoms with Crippen molar-refractivity contribution < 1.29 is 4.79 Å². The van der Waals surface area contributed by atoms with Crippen molar-refractivity contribution in [2.75, 3.05) is 5.32 Å². The summed E-state index contributed by atoms with van der Waals surface area (Å²) in [6, 6.07) is 3.05. The van der Waals surface area contributed by atoms with Crippen molar-refractivity contribution >= 4 is 46.9 Å². The molecule has 2 rings (SSSR count). The third-order valence-corrected chi connectivity index (χ3v) is 2.86. The molecule has 0 unspecified atom stereocenters. The molecular weight excluding hydrogens is 231 g/mol. The molecule has 68 valence electrons. The van der Waals surface area contributed by atoms with Crippen molar-refractivity contribution in [3.8, 4) is 0 Å². The molecule has 0 aliphatic carbocycles.